The van der Waals surface area contributed by atoms with Gasteiger partial charge in [-0.25, -0.2) is 0 Å². The average molecular weight is 69.4 g/mol. The van der Waals surface area contributed by atoms with Gasteiger partial charge in [0.25, 0.3) is 0 Å². The van der Waals surface area contributed by atoms with Gasteiger partial charge in [0.2, 0.25) is 0 Å². The Labute approximate surface area is 57.1 Å². The van der Waals surface area contributed by atoms with Crippen LogP contribution in [0, 0.1) is 0 Å². The van der Waals surface area contributed by atoms with E-state index in [1.54, 1.807) is 0 Å². The minimum atomic E-state index is 0. The zero-order chi connectivity index (χ0) is 0. The predicted molar refractivity (Wildman–Crippen MR) is 12.0 cm³/mol. The van der Waals surface area contributed by atoms with Crippen molar-refractivity contribution >= 4 is 12.4 Å². The Morgan fingerprint density at radius 3 is 1.00 bits per heavy atom. The van der Waals surface area contributed by atoms with Gasteiger partial charge in [-0.1, -0.05) is 0 Å². The van der Waals surface area contributed by atoms with Crippen LogP contribution in [0.4, 0.5) is 0 Å². The fourth-order valence-corrected chi connectivity index (χ4v) is 0. The summed E-state index contributed by atoms with van der Waals surface area (Å²) in [7, 11) is 0. The van der Waals surface area contributed by atoms with Gasteiger partial charge in [-0.15, -0.1) is 12.4 Å². The van der Waals surface area contributed by atoms with E-state index in [9.17, 15) is 0 Å². The molecule has 0 atom stereocenters. The quantitative estimate of drug-likeness (QED) is 0.254. The van der Waals surface area contributed by atoms with E-state index in [1.807, 2.05) is 0 Å². The third-order valence-electron chi connectivity index (χ3n) is 0. The molecule has 0 aliphatic carbocycles. The van der Waals surface area contributed by atoms with E-state index in [4.69, 9.17) is 0 Å². The van der Waals surface area contributed by atoms with Crippen molar-refractivity contribution in [1.29, 1.82) is 0 Å². The van der Waals surface area contributed by atoms with Gasteiger partial charge in [-0.2, -0.15) is 0 Å². The van der Waals surface area contributed by atoms with Crippen LogP contribution in [-0.4, -0.2) is 5.48 Å². The van der Waals surface area contributed by atoms with Crippen LogP contribution in [0.25, 0.3) is 0 Å². The molecule has 0 aromatic carbocycles. The maximum atomic E-state index is 0. The van der Waals surface area contributed by atoms with Crippen molar-refractivity contribution in [2.45, 2.75) is 0 Å². The molecule has 4 heteroatoms. The molecule has 0 saturated heterocycles. The number of rotatable bonds is 0. The number of hydrogen-bond donors (Lipinski definition) is 0. The molecule has 0 spiro atoms. The Bertz CT molecular complexity index is 9.61. The molecule has 0 amide bonds. The van der Waals surface area contributed by atoms with Gasteiger partial charge in [-0.05, 0) is 0 Å². The molecular formula is H4ClLi2O+. The van der Waals surface area contributed by atoms with Crippen molar-refractivity contribution in [2.75, 3.05) is 0 Å². The summed E-state index contributed by atoms with van der Waals surface area (Å²) in [4.78, 5) is 0. The van der Waals surface area contributed by atoms with Gasteiger partial charge in [0.05, 0.1) is 0 Å². The van der Waals surface area contributed by atoms with Gasteiger partial charge in [0.15, 0.2) is 0 Å². The summed E-state index contributed by atoms with van der Waals surface area (Å²) in [5.74, 6) is 0. The standard InChI is InChI=1S/ClH.2Li.H2O.H/h1H;;;1H2;/q;2*+1;;-1. The summed E-state index contributed by atoms with van der Waals surface area (Å²) in [6.07, 6.45) is 0. The molecule has 0 aliphatic heterocycles. The molecule has 0 fully saturated rings. The monoisotopic (exact) mass is 69.0 g/mol. The first-order chi connectivity index (χ1) is 0. The molecule has 0 aromatic heterocycles. The topological polar surface area (TPSA) is 31.5 Å². The Hall–Kier alpha value is 1.44. The van der Waals surface area contributed by atoms with Crippen LogP contribution in [0.2, 0.25) is 0 Å². The van der Waals surface area contributed by atoms with Crippen LogP contribution in [-0.2, 0) is 0 Å². The van der Waals surface area contributed by atoms with Gasteiger partial charge < -0.3 is 6.90 Å². The zero-order valence-electron chi connectivity index (χ0n) is 3.91. The Kier molecular flexibility index (Phi) is 326. The van der Waals surface area contributed by atoms with E-state index in [-0.39, 0.29) is 57.0 Å². The molecule has 0 heterocycles. The van der Waals surface area contributed by atoms with Crippen LogP contribution >= 0.6 is 12.4 Å². The average Bonchev–Trinajstić information content (AvgIpc) is 0. The van der Waals surface area contributed by atoms with Crippen molar-refractivity contribution in [3.8, 4) is 0 Å². The summed E-state index contributed by atoms with van der Waals surface area (Å²) in [5.41, 5.74) is 0. The molecule has 0 saturated carbocycles. The van der Waals surface area contributed by atoms with Gasteiger partial charge in [0, 0.05) is 0 Å². The van der Waals surface area contributed by atoms with Crippen molar-refractivity contribution in [3.63, 3.8) is 0 Å². The van der Waals surface area contributed by atoms with E-state index in [0.717, 1.165) is 0 Å². The molecule has 0 radical (unpaired) electrons. The molecule has 4 heavy (non-hydrogen) atoms. The molecular weight excluding hydrogens is 65.3 g/mol. The summed E-state index contributed by atoms with van der Waals surface area (Å²) >= 11 is 0. The Balaban J connectivity index is 0. The fraction of sp³-hybridized carbons (Fsp3) is 0. The molecule has 18 valence electrons. The summed E-state index contributed by atoms with van der Waals surface area (Å²) in [5, 5.41) is 0. The normalized spacial score (nSPS) is 0. The number of halogens is 1. The fourth-order valence-electron chi connectivity index (χ4n) is 0. The second-order valence-corrected chi connectivity index (χ2v) is 0. The van der Waals surface area contributed by atoms with Crippen LogP contribution in [0.15, 0.2) is 0 Å². The third kappa shape index (κ3) is 9.86. The smallest absolute Gasteiger partial charge is 1.00 e. The maximum absolute atomic E-state index is 0. The van der Waals surface area contributed by atoms with E-state index in [1.165, 1.54) is 0 Å². The Morgan fingerprint density at radius 2 is 1.00 bits per heavy atom. The van der Waals surface area contributed by atoms with Crippen LogP contribution in [0.3, 0.4) is 0 Å². The summed E-state index contributed by atoms with van der Waals surface area (Å²) in [6.45, 7) is 0. The van der Waals surface area contributed by atoms with Crippen LogP contribution in [0.5, 0.6) is 0 Å². The van der Waals surface area contributed by atoms with E-state index >= 15 is 0 Å². The van der Waals surface area contributed by atoms with Crippen molar-refractivity contribution in [3.05, 3.63) is 0 Å². The second-order valence-electron chi connectivity index (χ2n) is 0. The molecule has 0 aromatic rings. The van der Waals surface area contributed by atoms with Gasteiger partial charge in [-0.3, -0.25) is 0 Å². The summed E-state index contributed by atoms with van der Waals surface area (Å²) < 4.78 is 0. The van der Waals surface area contributed by atoms with Crippen molar-refractivity contribution < 1.29 is 44.6 Å². The molecule has 0 unspecified atom stereocenters. The zero-order valence-corrected chi connectivity index (χ0v) is 3.72. The minimum Gasteiger partial charge on any atom is -1.00 e. The first-order valence-corrected chi connectivity index (χ1v) is 0. The SMILES string of the molecule is Cl.O.[H-].[Li+].[Li+]. The maximum Gasteiger partial charge on any atom is 1.00 e. The first kappa shape index (κ1) is 51.5. The van der Waals surface area contributed by atoms with E-state index < -0.39 is 0 Å². The van der Waals surface area contributed by atoms with Crippen molar-refractivity contribution in [1.82, 2.24) is 0 Å². The predicted octanol–water partition coefficient (Wildman–Crippen LogP) is -6.28. The van der Waals surface area contributed by atoms with E-state index in [2.05, 4.69) is 0 Å². The first-order valence-electron chi connectivity index (χ1n) is 0. The summed E-state index contributed by atoms with van der Waals surface area (Å²) in [6, 6.07) is 0. The van der Waals surface area contributed by atoms with Gasteiger partial charge in [0.1, 0.15) is 0 Å². The Morgan fingerprint density at radius 1 is 1.00 bits per heavy atom. The van der Waals surface area contributed by atoms with E-state index in [0.29, 0.717) is 0 Å². The largest absolute Gasteiger partial charge is 1.00 e. The molecule has 2 N–H and O–H groups in total. The van der Waals surface area contributed by atoms with Crippen LogP contribution < -0.4 is 37.7 Å². The molecule has 1 nitrogen and oxygen atoms in total. The molecule has 0 rings (SSSR count). The number of hydrogen-bond acceptors (Lipinski definition) is 0. The molecule has 0 aliphatic rings. The van der Waals surface area contributed by atoms with Crippen molar-refractivity contribution in [2.24, 2.45) is 0 Å². The van der Waals surface area contributed by atoms with Gasteiger partial charge >= 0.3 is 37.7 Å². The molecule has 0 bridgehead atoms. The second kappa shape index (κ2) is 25.3. The minimum absolute atomic E-state index is 0. The third-order valence-corrected chi connectivity index (χ3v) is 0. The van der Waals surface area contributed by atoms with Crippen LogP contribution in [0.1, 0.15) is 1.43 Å².